The van der Waals surface area contributed by atoms with Crippen LogP contribution in [0.3, 0.4) is 0 Å². The van der Waals surface area contributed by atoms with Crippen molar-refractivity contribution in [2.24, 2.45) is 0 Å². The SMILES string of the molecule is C/C=C/CC(NC(=O)c1cc(OC)ccc1O)C(=O)O. The number of rotatable bonds is 6. The number of carbonyl (C=O) groups excluding carboxylic acids is 1. The van der Waals surface area contributed by atoms with Crippen molar-refractivity contribution in [1.82, 2.24) is 5.32 Å². The molecule has 6 nitrogen and oxygen atoms in total. The van der Waals surface area contributed by atoms with E-state index in [1.807, 2.05) is 0 Å². The molecule has 0 spiro atoms. The van der Waals surface area contributed by atoms with Crippen LogP contribution in [-0.4, -0.2) is 35.2 Å². The second-order valence-electron chi connectivity index (χ2n) is 4.05. The van der Waals surface area contributed by atoms with Gasteiger partial charge in [-0.3, -0.25) is 4.79 Å². The zero-order valence-corrected chi connectivity index (χ0v) is 11.3. The first-order chi connectivity index (χ1) is 9.49. The lowest BCUT2D eigenvalue weighted by Crippen LogP contribution is -2.40. The molecule has 0 bridgehead atoms. The van der Waals surface area contributed by atoms with Crippen LogP contribution >= 0.6 is 0 Å². The average molecular weight is 279 g/mol. The Labute approximate surface area is 116 Å². The van der Waals surface area contributed by atoms with E-state index in [-0.39, 0.29) is 17.7 Å². The van der Waals surface area contributed by atoms with Crippen LogP contribution in [-0.2, 0) is 4.79 Å². The van der Waals surface area contributed by atoms with Crippen molar-refractivity contribution in [2.45, 2.75) is 19.4 Å². The number of hydrogen-bond donors (Lipinski definition) is 3. The number of phenols is 1. The number of ether oxygens (including phenoxy) is 1. The Morgan fingerprint density at radius 1 is 1.45 bits per heavy atom. The quantitative estimate of drug-likeness (QED) is 0.687. The number of allylic oxidation sites excluding steroid dienone is 1. The number of nitrogens with one attached hydrogen (secondary N) is 1. The molecule has 0 aliphatic rings. The highest BCUT2D eigenvalue weighted by Crippen LogP contribution is 2.22. The van der Waals surface area contributed by atoms with Crippen LogP contribution < -0.4 is 10.1 Å². The van der Waals surface area contributed by atoms with Gasteiger partial charge in [-0.25, -0.2) is 4.79 Å². The van der Waals surface area contributed by atoms with E-state index < -0.39 is 17.9 Å². The molecule has 1 unspecified atom stereocenters. The van der Waals surface area contributed by atoms with Crippen molar-refractivity contribution in [1.29, 1.82) is 0 Å². The summed E-state index contributed by atoms with van der Waals surface area (Å²) in [5.41, 5.74) is -0.0314. The van der Waals surface area contributed by atoms with Crippen LogP contribution in [0.15, 0.2) is 30.4 Å². The van der Waals surface area contributed by atoms with Gasteiger partial charge in [0, 0.05) is 0 Å². The second kappa shape index (κ2) is 7.18. The molecule has 6 heteroatoms. The lowest BCUT2D eigenvalue weighted by atomic mass is 10.1. The predicted octanol–water partition coefficient (Wildman–Crippen LogP) is 1.55. The molecule has 1 rings (SSSR count). The molecule has 0 aromatic heterocycles. The monoisotopic (exact) mass is 279 g/mol. The van der Waals surface area contributed by atoms with Gasteiger partial charge >= 0.3 is 5.97 Å². The Kier molecular flexibility index (Phi) is 5.58. The van der Waals surface area contributed by atoms with Crippen molar-refractivity contribution in [3.63, 3.8) is 0 Å². The summed E-state index contributed by atoms with van der Waals surface area (Å²) in [6.45, 7) is 1.76. The molecule has 0 saturated carbocycles. The second-order valence-corrected chi connectivity index (χ2v) is 4.05. The van der Waals surface area contributed by atoms with Crippen LogP contribution in [0.2, 0.25) is 0 Å². The lowest BCUT2D eigenvalue weighted by molar-refractivity contribution is -0.139. The Balaban J connectivity index is 2.91. The molecule has 1 amide bonds. The Morgan fingerprint density at radius 2 is 2.15 bits per heavy atom. The number of hydrogen-bond acceptors (Lipinski definition) is 4. The van der Waals surface area contributed by atoms with Gasteiger partial charge in [0.2, 0.25) is 0 Å². The molecule has 0 radical (unpaired) electrons. The first-order valence-electron chi connectivity index (χ1n) is 6.01. The highest BCUT2D eigenvalue weighted by Gasteiger charge is 2.21. The summed E-state index contributed by atoms with van der Waals surface area (Å²) >= 11 is 0. The summed E-state index contributed by atoms with van der Waals surface area (Å²) in [6.07, 6.45) is 3.51. The molecular weight excluding hydrogens is 262 g/mol. The third kappa shape index (κ3) is 4.01. The number of benzene rings is 1. The highest BCUT2D eigenvalue weighted by atomic mass is 16.5. The number of carboxylic acid groups (broad SMARTS) is 1. The molecule has 0 fully saturated rings. The first kappa shape index (κ1) is 15.6. The van der Waals surface area contributed by atoms with Gasteiger partial charge in [0.15, 0.2) is 0 Å². The summed E-state index contributed by atoms with van der Waals surface area (Å²) in [5, 5.41) is 21.0. The molecule has 108 valence electrons. The molecule has 0 aliphatic heterocycles. The Morgan fingerprint density at radius 3 is 2.70 bits per heavy atom. The van der Waals surface area contributed by atoms with Gasteiger partial charge in [0.1, 0.15) is 17.5 Å². The van der Waals surface area contributed by atoms with E-state index in [0.717, 1.165) is 0 Å². The maximum atomic E-state index is 12.0. The van der Waals surface area contributed by atoms with E-state index in [1.165, 1.54) is 25.3 Å². The normalized spacial score (nSPS) is 12.1. The first-order valence-corrected chi connectivity index (χ1v) is 6.01. The standard InChI is InChI=1S/C14H17NO5/c1-3-4-5-11(14(18)19)15-13(17)10-8-9(20-2)6-7-12(10)16/h3-4,6-8,11,16H,5H2,1-2H3,(H,15,17)(H,18,19)/b4-3+. The zero-order chi connectivity index (χ0) is 15.1. The number of carbonyl (C=O) groups is 2. The summed E-state index contributed by atoms with van der Waals surface area (Å²) in [5.74, 6) is -1.65. The van der Waals surface area contributed by atoms with Gasteiger partial charge in [0.25, 0.3) is 5.91 Å². The number of carboxylic acids is 1. The van der Waals surface area contributed by atoms with E-state index in [4.69, 9.17) is 9.84 Å². The molecule has 1 aromatic carbocycles. The molecule has 0 aliphatic carbocycles. The minimum absolute atomic E-state index is 0.0314. The summed E-state index contributed by atoms with van der Waals surface area (Å²) in [7, 11) is 1.43. The van der Waals surface area contributed by atoms with Crippen LogP contribution in [0, 0.1) is 0 Å². The number of aromatic hydroxyl groups is 1. The van der Waals surface area contributed by atoms with Crippen LogP contribution in [0.4, 0.5) is 0 Å². The summed E-state index contributed by atoms with van der Waals surface area (Å²) < 4.78 is 4.96. The minimum atomic E-state index is -1.14. The molecule has 0 saturated heterocycles. The van der Waals surface area contributed by atoms with Crippen molar-refractivity contribution in [3.05, 3.63) is 35.9 Å². The molecular formula is C14H17NO5. The minimum Gasteiger partial charge on any atom is -0.507 e. The molecule has 3 N–H and O–H groups in total. The third-order valence-electron chi connectivity index (χ3n) is 2.66. The van der Waals surface area contributed by atoms with E-state index in [2.05, 4.69) is 5.32 Å². The topological polar surface area (TPSA) is 95.9 Å². The van der Waals surface area contributed by atoms with Crippen LogP contribution in [0.25, 0.3) is 0 Å². The zero-order valence-electron chi connectivity index (χ0n) is 11.3. The molecule has 1 aromatic rings. The maximum Gasteiger partial charge on any atom is 0.326 e. The smallest absolute Gasteiger partial charge is 0.326 e. The summed E-state index contributed by atoms with van der Waals surface area (Å²) in [6, 6.07) is 3.11. The number of aliphatic carboxylic acids is 1. The maximum absolute atomic E-state index is 12.0. The average Bonchev–Trinajstić information content (AvgIpc) is 2.43. The van der Waals surface area contributed by atoms with Crippen molar-refractivity contribution in [3.8, 4) is 11.5 Å². The summed E-state index contributed by atoms with van der Waals surface area (Å²) in [4.78, 5) is 23.0. The van der Waals surface area contributed by atoms with Gasteiger partial charge in [0.05, 0.1) is 12.7 Å². The van der Waals surface area contributed by atoms with E-state index in [9.17, 15) is 14.7 Å². The molecule has 1 atom stereocenters. The Bertz CT molecular complexity index is 524. The predicted molar refractivity (Wildman–Crippen MR) is 73.0 cm³/mol. The number of phenolic OH excluding ortho intramolecular Hbond substituents is 1. The highest BCUT2D eigenvalue weighted by molar-refractivity contribution is 5.99. The van der Waals surface area contributed by atoms with Gasteiger partial charge in [-0.05, 0) is 31.5 Å². The van der Waals surface area contributed by atoms with Crippen LogP contribution in [0.1, 0.15) is 23.7 Å². The fourth-order valence-corrected chi connectivity index (χ4v) is 1.55. The van der Waals surface area contributed by atoms with Gasteiger partial charge in [-0.2, -0.15) is 0 Å². The van der Waals surface area contributed by atoms with Crippen molar-refractivity contribution >= 4 is 11.9 Å². The van der Waals surface area contributed by atoms with Crippen LogP contribution in [0.5, 0.6) is 11.5 Å². The fraction of sp³-hybridized carbons (Fsp3) is 0.286. The van der Waals surface area contributed by atoms with Crippen molar-refractivity contribution < 1.29 is 24.5 Å². The van der Waals surface area contributed by atoms with Crippen molar-refractivity contribution in [2.75, 3.05) is 7.11 Å². The number of amides is 1. The van der Waals surface area contributed by atoms with Gasteiger partial charge in [-0.15, -0.1) is 0 Å². The van der Waals surface area contributed by atoms with Gasteiger partial charge < -0.3 is 20.3 Å². The van der Waals surface area contributed by atoms with E-state index in [1.54, 1.807) is 19.1 Å². The van der Waals surface area contributed by atoms with E-state index >= 15 is 0 Å². The number of methoxy groups -OCH3 is 1. The largest absolute Gasteiger partial charge is 0.507 e. The van der Waals surface area contributed by atoms with E-state index in [0.29, 0.717) is 5.75 Å². The Hall–Kier alpha value is -2.50. The fourth-order valence-electron chi connectivity index (χ4n) is 1.55. The van der Waals surface area contributed by atoms with Gasteiger partial charge in [-0.1, -0.05) is 12.2 Å². The lowest BCUT2D eigenvalue weighted by Gasteiger charge is -2.13. The third-order valence-corrected chi connectivity index (χ3v) is 2.66. The molecule has 20 heavy (non-hydrogen) atoms. The molecule has 0 heterocycles.